The molecule has 0 amide bonds. The molecule has 0 aromatic carbocycles. The highest BCUT2D eigenvalue weighted by atomic mass is 32.1. The molecule has 1 rings (SSSR count). The Morgan fingerprint density at radius 2 is 1.91 bits per heavy atom. The monoisotopic (exact) mass is 170 g/mol. The lowest BCUT2D eigenvalue weighted by Crippen LogP contribution is -2.10. The summed E-state index contributed by atoms with van der Waals surface area (Å²) < 4.78 is 0. The van der Waals surface area contributed by atoms with Gasteiger partial charge >= 0.3 is 0 Å². The Hall–Kier alpha value is -0.570. The third-order valence-corrected chi connectivity index (χ3v) is 2.89. The average molecular weight is 170 g/mol. The normalized spacial score (nSPS) is 12.0. The number of nitrogen functional groups attached to an aromatic ring is 1. The van der Waals surface area contributed by atoms with Gasteiger partial charge in [-0.3, -0.25) is 0 Å². The lowest BCUT2D eigenvalue weighted by atomic mass is 9.98. The van der Waals surface area contributed by atoms with Crippen molar-refractivity contribution in [2.75, 3.05) is 5.73 Å². The molecule has 0 unspecified atom stereocenters. The molecule has 11 heavy (non-hydrogen) atoms. The maximum absolute atomic E-state index is 5.64. The summed E-state index contributed by atoms with van der Waals surface area (Å²) in [5, 5.41) is 1.12. The Morgan fingerprint density at radius 1 is 1.36 bits per heavy atom. The van der Waals surface area contributed by atoms with E-state index in [2.05, 4.69) is 25.8 Å². The largest absolute Gasteiger partial charge is 0.383 e. The molecular weight excluding hydrogens is 156 g/mol. The summed E-state index contributed by atoms with van der Waals surface area (Å²) in [5.74, 6) is 0.680. The Bertz CT molecular complexity index is 238. The zero-order chi connectivity index (χ0) is 8.65. The summed E-state index contributed by atoms with van der Waals surface area (Å²) in [7, 11) is 0. The van der Waals surface area contributed by atoms with Crippen molar-refractivity contribution < 1.29 is 0 Å². The molecule has 1 aromatic rings. The molecule has 0 saturated carbocycles. The minimum absolute atomic E-state index is 0.132. The van der Waals surface area contributed by atoms with Crippen LogP contribution in [0.2, 0.25) is 0 Å². The third-order valence-electron chi connectivity index (χ3n) is 1.47. The highest BCUT2D eigenvalue weighted by molar-refractivity contribution is 7.12. The fraction of sp³-hybridized carbons (Fsp3) is 0.625. The zero-order valence-corrected chi connectivity index (χ0v) is 8.25. The molecule has 0 radical (unpaired) electrons. The van der Waals surface area contributed by atoms with Crippen LogP contribution in [0.25, 0.3) is 0 Å². The summed E-state index contributed by atoms with van der Waals surface area (Å²) in [6.07, 6.45) is 0. The van der Waals surface area contributed by atoms with Crippen LogP contribution in [0.4, 0.5) is 5.82 Å². The van der Waals surface area contributed by atoms with Crippen LogP contribution in [0.1, 0.15) is 30.7 Å². The average Bonchev–Trinajstić information content (AvgIpc) is 2.11. The minimum Gasteiger partial charge on any atom is -0.383 e. The number of hydrogen-bond acceptors (Lipinski definition) is 3. The number of rotatable bonds is 0. The van der Waals surface area contributed by atoms with E-state index in [-0.39, 0.29) is 5.41 Å². The highest BCUT2D eigenvalue weighted by Gasteiger charge is 2.18. The van der Waals surface area contributed by atoms with Crippen LogP contribution in [0.5, 0.6) is 0 Å². The molecule has 3 heteroatoms. The van der Waals surface area contributed by atoms with Crippen molar-refractivity contribution in [3.05, 3.63) is 9.88 Å². The van der Waals surface area contributed by atoms with E-state index in [0.29, 0.717) is 5.82 Å². The van der Waals surface area contributed by atoms with Crippen LogP contribution in [-0.2, 0) is 5.41 Å². The van der Waals surface area contributed by atoms with Gasteiger partial charge in [0.15, 0.2) is 0 Å². The molecule has 62 valence electrons. The number of thiazole rings is 1. The molecule has 2 N–H and O–H groups in total. The van der Waals surface area contributed by atoms with Crippen molar-refractivity contribution in [1.82, 2.24) is 4.98 Å². The lowest BCUT2D eigenvalue weighted by Gasteiger charge is -2.13. The molecule has 0 saturated heterocycles. The maximum Gasteiger partial charge on any atom is 0.137 e. The predicted molar refractivity (Wildman–Crippen MR) is 50.0 cm³/mol. The summed E-state index contributed by atoms with van der Waals surface area (Å²) in [5.41, 5.74) is 5.77. The van der Waals surface area contributed by atoms with Crippen LogP contribution in [-0.4, -0.2) is 4.98 Å². The van der Waals surface area contributed by atoms with Crippen molar-refractivity contribution in [1.29, 1.82) is 0 Å². The lowest BCUT2D eigenvalue weighted by molar-refractivity contribution is 0.586. The molecule has 0 bridgehead atoms. The van der Waals surface area contributed by atoms with E-state index >= 15 is 0 Å². The second-order valence-corrected chi connectivity index (χ2v) is 4.91. The topological polar surface area (TPSA) is 38.9 Å². The molecule has 0 aliphatic rings. The standard InChI is InChI=1S/C8H14N2S/c1-5-6(9)10-7(11-5)8(2,3)4/h9H2,1-4H3. The molecule has 0 fully saturated rings. The van der Waals surface area contributed by atoms with Gasteiger partial charge in [-0.15, -0.1) is 11.3 Å². The first kappa shape index (κ1) is 8.53. The number of hydrogen-bond donors (Lipinski definition) is 1. The fourth-order valence-electron chi connectivity index (χ4n) is 0.729. The van der Waals surface area contributed by atoms with Crippen molar-refractivity contribution in [2.45, 2.75) is 33.1 Å². The first-order valence-electron chi connectivity index (χ1n) is 3.64. The van der Waals surface area contributed by atoms with E-state index in [1.165, 1.54) is 0 Å². The number of nitrogens with zero attached hydrogens (tertiary/aromatic N) is 1. The van der Waals surface area contributed by atoms with Crippen LogP contribution < -0.4 is 5.73 Å². The van der Waals surface area contributed by atoms with Gasteiger partial charge in [0.05, 0.1) is 0 Å². The molecule has 0 atom stereocenters. The van der Waals surface area contributed by atoms with Crippen LogP contribution in [0.3, 0.4) is 0 Å². The van der Waals surface area contributed by atoms with Crippen LogP contribution >= 0.6 is 11.3 Å². The van der Waals surface area contributed by atoms with Crippen LogP contribution in [0.15, 0.2) is 0 Å². The molecule has 0 aliphatic carbocycles. The van der Waals surface area contributed by atoms with E-state index in [9.17, 15) is 0 Å². The summed E-state index contributed by atoms with van der Waals surface area (Å²) in [4.78, 5) is 5.40. The van der Waals surface area contributed by atoms with Gasteiger partial charge in [-0.2, -0.15) is 0 Å². The second kappa shape index (κ2) is 2.48. The quantitative estimate of drug-likeness (QED) is 0.649. The number of anilines is 1. The summed E-state index contributed by atoms with van der Waals surface area (Å²) in [6, 6.07) is 0. The number of nitrogens with two attached hydrogens (primary N) is 1. The van der Waals surface area contributed by atoms with E-state index in [1.807, 2.05) is 6.92 Å². The van der Waals surface area contributed by atoms with Gasteiger partial charge in [-0.25, -0.2) is 4.98 Å². The molecule has 1 heterocycles. The molecule has 0 aliphatic heterocycles. The molecule has 0 spiro atoms. The van der Waals surface area contributed by atoms with Crippen molar-refractivity contribution in [2.24, 2.45) is 0 Å². The van der Waals surface area contributed by atoms with Gasteiger partial charge in [0.2, 0.25) is 0 Å². The SMILES string of the molecule is Cc1sc(C(C)(C)C)nc1N. The maximum atomic E-state index is 5.64. The molecule has 1 aromatic heterocycles. The first-order valence-corrected chi connectivity index (χ1v) is 4.46. The van der Waals surface area contributed by atoms with Gasteiger partial charge < -0.3 is 5.73 Å². The third kappa shape index (κ3) is 1.71. The van der Waals surface area contributed by atoms with Gasteiger partial charge in [-0.05, 0) is 6.92 Å². The first-order chi connectivity index (χ1) is 4.91. The minimum atomic E-state index is 0.132. The highest BCUT2D eigenvalue weighted by Crippen LogP contribution is 2.29. The zero-order valence-electron chi connectivity index (χ0n) is 7.43. The number of aromatic nitrogens is 1. The van der Waals surface area contributed by atoms with Crippen molar-refractivity contribution in [3.63, 3.8) is 0 Å². The second-order valence-electron chi connectivity index (χ2n) is 3.71. The number of aryl methyl sites for hydroxylation is 1. The Morgan fingerprint density at radius 3 is 2.09 bits per heavy atom. The van der Waals surface area contributed by atoms with Gasteiger partial charge in [0, 0.05) is 10.3 Å². The Labute approximate surface area is 71.5 Å². The van der Waals surface area contributed by atoms with E-state index < -0.39 is 0 Å². The van der Waals surface area contributed by atoms with Crippen LogP contribution in [0, 0.1) is 6.92 Å². The van der Waals surface area contributed by atoms with Gasteiger partial charge in [0.25, 0.3) is 0 Å². The van der Waals surface area contributed by atoms with E-state index in [4.69, 9.17) is 5.73 Å². The summed E-state index contributed by atoms with van der Waals surface area (Å²) >= 11 is 1.69. The van der Waals surface area contributed by atoms with E-state index in [0.717, 1.165) is 9.88 Å². The smallest absolute Gasteiger partial charge is 0.137 e. The Balaban J connectivity index is 3.08. The summed E-state index contributed by atoms with van der Waals surface area (Å²) in [6.45, 7) is 8.43. The Kier molecular flexibility index (Phi) is 1.92. The van der Waals surface area contributed by atoms with E-state index in [1.54, 1.807) is 11.3 Å². The van der Waals surface area contributed by atoms with Gasteiger partial charge in [-0.1, -0.05) is 20.8 Å². The fourth-order valence-corrected chi connectivity index (χ4v) is 1.62. The van der Waals surface area contributed by atoms with Crippen molar-refractivity contribution in [3.8, 4) is 0 Å². The van der Waals surface area contributed by atoms with Gasteiger partial charge in [0.1, 0.15) is 10.8 Å². The molecular formula is C8H14N2S. The van der Waals surface area contributed by atoms with Crippen molar-refractivity contribution >= 4 is 17.2 Å². The predicted octanol–water partition coefficient (Wildman–Crippen LogP) is 2.33. The molecule has 2 nitrogen and oxygen atoms in total.